The van der Waals surface area contributed by atoms with Gasteiger partial charge in [0.05, 0.1) is 17.7 Å². The maximum absolute atomic E-state index is 13.0. The number of hydrogen-bond donors (Lipinski definition) is 0. The lowest BCUT2D eigenvalue weighted by molar-refractivity contribution is 0.0672. The summed E-state index contributed by atoms with van der Waals surface area (Å²) < 4.78 is 6.84. The molecule has 4 nitrogen and oxygen atoms in total. The normalized spacial score (nSPS) is 13.7. The van der Waals surface area contributed by atoms with E-state index in [0.29, 0.717) is 17.7 Å². The Balaban J connectivity index is 1.51. The molecular formula is C37H38NO3Si. The number of allylic oxidation sites excluding steroid dienone is 1. The zero-order chi connectivity index (χ0) is 30.0. The van der Waals surface area contributed by atoms with E-state index in [9.17, 15) is 9.59 Å². The van der Waals surface area contributed by atoms with Crippen LogP contribution in [-0.4, -0.2) is 32.3 Å². The molecule has 5 heteroatoms. The summed E-state index contributed by atoms with van der Waals surface area (Å²) in [6.07, 6.45) is 2.01. The van der Waals surface area contributed by atoms with Gasteiger partial charge in [-0.2, -0.15) is 0 Å². The number of fused-ring (bicyclic) bond motifs is 1. The van der Waals surface area contributed by atoms with Gasteiger partial charge in [-0.3, -0.25) is 14.5 Å². The first-order valence-corrected chi connectivity index (χ1v) is 15.8. The Hall–Kier alpha value is -4.06. The van der Waals surface area contributed by atoms with Gasteiger partial charge in [0.1, 0.15) is 0 Å². The van der Waals surface area contributed by atoms with Crippen molar-refractivity contribution < 1.29 is 14.0 Å². The highest BCUT2D eigenvalue weighted by atomic mass is 28.3. The fraction of sp³-hybridized carbons (Fsp3) is 0.243. The Morgan fingerprint density at radius 3 is 1.81 bits per heavy atom. The smallest absolute Gasteiger partial charge is 0.283 e. The molecule has 0 atom stereocenters. The van der Waals surface area contributed by atoms with Crippen LogP contribution in [0.3, 0.4) is 0 Å². The fourth-order valence-corrected chi connectivity index (χ4v) is 8.24. The lowest BCUT2D eigenvalue weighted by Gasteiger charge is -2.29. The predicted molar refractivity (Wildman–Crippen MR) is 173 cm³/mol. The standard InChI is InChI=1S/C37H38NO3Si/c1-25(21-22-38-35(39)31-19-13-14-20-32(31)36(38)40)33-27(3)34(37(4,5)6)26(2)23-28(33)24-41-42(29-15-9-7-10-16-29)30-17-11-8-12-18-30/h7-21,23H,22,24H2,1-6H3/b25-21-. The second kappa shape index (κ2) is 12.0. The molecule has 0 spiro atoms. The van der Waals surface area contributed by atoms with Gasteiger partial charge >= 0.3 is 0 Å². The van der Waals surface area contributed by atoms with Crippen LogP contribution in [0.25, 0.3) is 5.57 Å². The molecule has 1 aliphatic heterocycles. The van der Waals surface area contributed by atoms with Crippen LogP contribution in [0.15, 0.2) is 97.1 Å². The number of amides is 2. The SMILES string of the molecule is C/C(=C/CN1C(=O)c2ccccc2C1=O)c1c(CO[Si](c2ccccc2)c2ccccc2)cc(C)c(C(C)(C)C)c1C. The number of hydrogen-bond acceptors (Lipinski definition) is 3. The summed E-state index contributed by atoms with van der Waals surface area (Å²) >= 11 is 0. The molecule has 0 bridgehead atoms. The molecule has 42 heavy (non-hydrogen) atoms. The highest BCUT2D eigenvalue weighted by Crippen LogP contribution is 2.36. The third kappa shape index (κ3) is 5.80. The minimum absolute atomic E-state index is 0.0475. The second-order valence-corrected chi connectivity index (χ2v) is 14.1. The highest BCUT2D eigenvalue weighted by Gasteiger charge is 2.34. The van der Waals surface area contributed by atoms with Crippen LogP contribution in [-0.2, 0) is 16.4 Å². The molecule has 2 amide bonds. The molecule has 0 fully saturated rings. The van der Waals surface area contributed by atoms with Crippen LogP contribution in [0.4, 0.5) is 0 Å². The zero-order valence-corrected chi connectivity index (χ0v) is 26.3. The van der Waals surface area contributed by atoms with Crippen molar-refractivity contribution in [2.75, 3.05) is 6.54 Å². The van der Waals surface area contributed by atoms with Crippen LogP contribution in [0.2, 0.25) is 0 Å². The molecular weight excluding hydrogens is 534 g/mol. The lowest BCUT2D eigenvalue weighted by atomic mass is 9.77. The van der Waals surface area contributed by atoms with Gasteiger partial charge in [0.2, 0.25) is 0 Å². The minimum Gasteiger partial charge on any atom is -0.403 e. The average molecular weight is 573 g/mol. The van der Waals surface area contributed by atoms with Crippen molar-refractivity contribution in [3.8, 4) is 0 Å². The largest absolute Gasteiger partial charge is 0.403 e. The van der Waals surface area contributed by atoms with E-state index < -0.39 is 9.04 Å². The maximum atomic E-state index is 13.0. The third-order valence-electron chi connectivity index (χ3n) is 7.90. The number of nitrogens with zero attached hydrogens (tertiary/aromatic N) is 1. The molecule has 1 heterocycles. The molecule has 1 aliphatic rings. The van der Waals surface area contributed by atoms with Crippen molar-refractivity contribution in [2.45, 2.75) is 53.6 Å². The lowest BCUT2D eigenvalue weighted by Crippen LogP contribution is -2.44. The van der Waals surface area contributed by atoms with Crippen LogP contribution >= 0.6 is 0 Å². The van der Waals surface area contributed by atoms with E-state index >= 15 is 0 Å². The number of aryl methyl sites for hydroxylation is 1. The zero-order valence-electron chi connectivity index (χ0n) is 25.3. The summed E-state index contributed by atoms with van der Waals surface area (Å²) in [5, 5.41) is 2.40. The van der Waals surface area contributed by atoms with Crippen LogP contribution in [0, 0.1) is 13.8 Å². The maximum Gasteiger partial charge on any atom is 0.283 e. The molecule has 0 saturated carbocycles. The van der Waals surface area contributed by atoms with Crippen molar-refractivity contribution in [3.05, 3.63) is 136 Å². The van der Waals surface area contributed by atoms with E-state index in [4.69, 9.17) is 4.43 Å². The quantitative estimate of drug-likeness (QED) is 0.176. The molecule has 213 valence electrons. The van der Waals surface area contributed by atoms with E-state index in [-0.39, 0.29) is 23.8 Å². The van der Waals surface area contributed by atoms with E-state index in [1.807, 2.05) is 18.2 Å². The molecule has 0 aliphatic carbocycles. The van der Waals surface area contributed by atoms with E-state index in [0.717, 1.165) is 16.7 Å². The number of benzene rings is 4. The molecule has 1 radical (unpaired) electrons. The van der Waals surface area contributed by atoms with Crippen molar-refractivity contribution in [1.29, 1.82) is 0 Å². The Bertz CT molecular complexity index is 1580. The van der Waals surface area contributed by atoms with E-state index in [1.54, 1.807) is 24.3 Å². The van der Waals surface area contributed by atoms with Gasteiger partial charge in [-0.05, 0) is 82.1 Å². The molecule has 4 aromatic rings. The van der Waals surface area contributed by atoms with E-state index in [1.165, 1.54) is 32.0 Å². The van der Waals surface area contributed by atoms with Gasteiger partial charge in [0.25, 0.3) is 20.9 Å². The minimum atomic E-state index is -1.49. The molecule has 0 N–H and O–H groups in total. The molecule has 0 unspecified atom stereocenters. The Kier molecular flexibility index (Phi) is 8.44. The first-order valence-electron chi connectivity index (χ1n) is 14.4. The Morgan fingerprint density at radius 1 is 0.810 bits per heavy atom. The number of imide groups is 1. The van der Waals surface area contributed by atoms with Gasteiger partial charge in [-0.15, -0.1) is 0 Å². The second-order valence-electron chi connectivity index (χ2n) is 12.0. The monoisotopic (exact) mass is 572 g/mol. The molecule has 5 rings (SSSR count). The highest BCUT2D eigenvalue weighted by molar-refractivity contribution is 6.80. The number of carbonyl (C=O) groups excluding carboxylic acids is 2. The van der Waals surface area contributed by atoms with Gasteiger partial charge < -0.3 is 4.43 Å². The van der Waals surface area contributed by atoms with Gasteiger partial charge in [-0.1, -0.05) is 106 Å². The van der Waals surface area contributed by atoms with Gasteiger partial charge in [0.15, 0.2) is 0 Å². The van der Waals surface area contributed by atoms with Crippen LogP contribution in [0.1, 0.15) is 76.2 Å². The summed E-state index contributed by atoms with van der Waals surface area (Å²) in [5.41, 5.74) is 7.94. The van der Waals surface area contributed by atoms with Gasteiger partial charge in [0, 0.05) is 6.54 Å². The summed E-state index contributed by atoms with van der Waals surface area (Å²) in [4.78, 5) is 27.4. The summed E-state index contributed by atoms with van der Waals surface area (Å²) in [5.74, 6) is -0.477. The predicted octanol–water partition coefficient (Wildman–Crippen LogP) is 6.62. The Labute approximate surface area is 251 Å². The first-order chi connectivity index (χ1) is 20.1. The van der Waals surface area contributed by atoms with Crippen molar-refractivity contribution >= 4 is 36.8 Å². The average Bonchev–Trinajstić information content (AvgIpc) is 3.21. The molecule has 4 aromatic carbocycles. The van der Waals surface area contributed by atoms with E-state index in [2.05, 4.69) is 96.1 Å². The fourth-order valence-electron chi connectivity index (χ4n) is 6.28. The number of carbonyl (C=O) groups is 2. The van der Waals surface area contributed by atoms with Crippen molar-refractivity contribution in [3.63, 3.8) is 0 Å². The third-order valence-corrected chi connectivity index (χ3v) is 10.1. The number of rotatable bonds is 8. The topological polar surface area (TPSA) is 46.6 Å². The van der Waals surface area contributed by atoms with Gasteiger partial charge in [-0.25, -0.2) is 0 Å². The van der Waals surface area contributed by atoms with Crippen molar-refractivity contribution in [2.24, 2.45) is 0 Å². The van der Waals surface area contributed by atoms with Crippen LogP contribution in [0.5, 0.6) is 0 Å². The summed E-state index contributed by atoms with van der Waals surface area (Å²) in [6.45, 7) is 13.8. The molecule has 0 aromatic heterocycles. The summed E-state index contributed by atoms with van der Waals surface area (Å²) in [6, 6.07) is 30.2. The first kappa shape index (κ1) is 29.4. The van der Waals surface area contributed by atoms with Crippen LogP contribution < -0.4 is 10.4 Å². The van der Waals surface area contributed by atoms with Crippen molar-refractivity contribution in [1.82, 2.24) is 4.90 Å². The summed E-state index contributed by atoms with van der Waals surface area (Å²) in [7, 11) is -1.49. The Morgan fingerprint density at radius 2 is 1.31 bits per heavy atom. The molecule has 0 saturated heterocycles.